The zero-order valence-corrected chi connectivity index (χ0v) is 14.5. The van der Waals surface area contributed by atoms with Gasteiger partial charge in [0, 0.05) is 10.9 Å². The van der Waals surface area contributed by atoms with E-state index in [1.807, 2.05) is 25.1 Å². The van der Waals surface area contributed by atoms with E-state index < -0.39 is 5.92 Å². The van der Waals surface area contributed by atoms with Crippen molar-refractivity contribution in [2.24, 2.45) is 0 Å². The number of benzene rings is 2. The van der Waals surface area contributed by atoms with Gasteiger partial charge in [0.1, 0.15) is 22.9 Å². The Morgan fingerprint density at radius 3 is 2.44 bits per heavy atom. The van der Waals surface area contributed by atoms with Crippen molar-refractivity contribution in [3.8, 4) is 5.75 Å². The number of furan rings is 1. The molecule has 0 fully saturated rings. The van der Waals surface area contributed by atoms with E-state index in [4.69, 9.17) is 9.15 Å². The highest BCUT2D eigenvalue weighted by atomic mass is 16.5. The van der Waals surface area contributed by atoms with Gasteiger partial charge in [0.15, 0.2) is 5.78 Å². The van der Waals surface area contributed by atoms with Gasteiger partial charge in [-0.3, -0.25) is 9.59 Å². The Labute approximate surface area is 146 Å². The van der Waals surface area contributed by atoms with E-state index in [1.54, 1.807) is 37.4 Å². The molecule has 1 atom stereocenters. The van der Waals surface area contributed by atoms with Crippen molar-refractivity contribution in [3.05, 3.63) is 65.4 Å². The number of fused-ring (bicyclic) bond motifs is 1. The van der Waals surface area contributed by atoms with Crippen LogP contribution in [0.4, 0.5) is 0 Å². The minimum Gasteiger partial charge on any atom is -0.497 e. The van der Waals surface area contributed by atoms with Gasteiger partial charge in [-0.15, -0.1) is 0 Å². The molecule has 3 rings (SSSR count). The van der Waals surface area contributed by atoms with Crippen molar-refractivity contribution >= 4 is 22.5 Å². The molecular formula is C21H20O4. The fraction of sp³-hybridized carbons (Fsp3) is 0.238. The van der Waals surface area contributed by atoms with E-state index in [9.17, 15) is 9.59 Å². The van der Waals surface area contributed by atoms with Crippen molar-refractivity contribution in [1.82, 2.24) is 0 Å². The molecule has 1 unspecified atom stereocenters. The van der Waals surface area contributed by atoms with Crippen LogP contribution >= 0.6 is 0 Å². The minimum atomic E-state index is -0.443. The first-order chi connectivity index (χ1) is 12.1. The second-order valence-electron chi connectivity index (χ2n) is 5.97. The van der Waals surface area contributed by atoms with Crippen LogP contribution in [-0.2, 0) is 4.79 Å². The molecule has 1 aromatic heterocycles. The first-order valence-electron chi connectivity index (χ1n) is 8.27. The molecule has 0 saturated heterocycles. The average Bonchev–Trinajstić information content (AvgIpc) is 3.00. The Bertz CT molecular complexity index is 922. The SMILES string of the molecule is CCC(C(C)=O)c1oc2ccc(OC)cc2c1C(=O)c1ccccc1. The first kappa shape index (κ1) is 17.0. The molecule has 2 aromatic carbocycles. The highest BCUT2D eigenvalue weighted by Gasteiger charge is 2.29. The summed E-state index contributed by atoms with van der Waals surface area (Å²) in [6.45, 7) is 3.44. The molecule has 0 saturated carbocycles. The van der Waals surface area contributed by atoms with Gasteiger partial charge >= 0.3 is 0 Å². The largest absolute Gasteiger partial charge is 0.497 e. The lowest BCUT2D eigenvalue weighted by molar-refractivity contribution is -0.118. The fourth-order valence-corrected chi connectivity index (χ4v) is 3.09. The molecule has 1 heterocycles. The van der Waals surface area contributed by atoms with Gasteiger partial charge in [-0.2, -0.15) is 0 Å². The highest BCUT2D eigenvalue weighted by Crippen LogP contribution is 2.36. The number of hydrogen-bond acceptors (Lipinski definition) is 4. The van der Waals surface area contributed by atoms with Gasteiger partial charge in [-0.05, 0) is 31.5 Å². The molecule has 0 N–H and O–H groups in total. The van der Waals surface area contributed by atoms with Gasteiger partial charge in [0.2, 0.25) is 0 Å². The predicted octanol–water partition coefficient (Wildman–Crippen LogP) is 4.76. The summed E-state index contributed by atoms with van der Waals surface area (Å²) in [5.74, 6) is 0.462. The van der Waals surface area contributed by atoms with E-state index >= 15 is 0 Å². The normalized spacial score (nSPS) is 12.1. The highest BCUT2D eigenvalue weighted by molar-refractivity contribution is 6.17. The Hall–Kier alpha value is -2.88. The Balaban J connectivity index is 2.28. The quantitative estimate of drug-likeness (QED) is 0.609. The maximum absolute atomic E-state index is 13.2. The molecule has 128 valence electrons. The Morgan fingerprint density at radius 2 is 1.84 bits per heavy atom. The maximum atomic E-state index is 13.2. The molecule has 4 nitrogen and oxygen atoms in total. The van der Waals surface area contributed by atoms with Gasteiger partial charge < -0.3 is 9.15 Å². The number of rotatable bonds is 6. The van der Waals surface area contributed by atoms with Crippen LogP contribution in [0.3, 0.4) is 0 Å². The number of methoxy groups -OCH3 is 1. The number of carbonyl (C=O) groups excluding carboxylic acids is 2. The predicted molar refractivity (Wildman–Crippen MR) is 96.4 cm³/mol. The second-order valence-corrected chi connectivity index (χ2v) is 5.97. The molecule has 25 heavy (non-hydrogen) atoms. The summed E-state index contributed by atoms with van der Waals surface area (Å²) in [5, 5.41) is 0.669. The van der Waals surface area contributed by atoms with Crippen LogP contribution in [0, 0.1) is 0 Å². The zero-order valence-electron chi connectivity index (χ0n) is 14.5. The summed E-state index contributed by atoms with van der Waals surface area (Å²) in [6.07, 6.45) is 0.571. The van der Waals surface area contributed by atoms with Gasteiger partial charge in [0.05, 0.1) is 18.6 Å². The second kappa shape index (κ2) is 6.93. The van der Waals surface area contributed by atoms with Gasteiger partial charge in [0.25, 0.3) is 0 Å². The smallest absolute Gasteiger partial charge is 0.197 e. The van der Waals surface area contributed by atoms with E-state index in [-0.39, 0.29) is 11.6 Å². The molecule has 0 aliphatic heterocycles. The Kier molecular flexibility index (Phi) is 4.70. The number of carbonyl (C=O) groups is 2. The summed E-state index contributed by atoms with van der Waals surface area (Å²) in [4.78, 5) is 25.3. The molecule has 3 aromatic rings. The third-order valence-corrected chi connectivity index (χ3v) is 4.40. The van der Waals surface area contributed by atoms with Crippen molar-refractivity contribution in [2.75, 3.05) is 7.11 Å². The molecule has 0 spiro atoms. The number of hydrogen-bond donors (Lipinski definition) is 0. The monoisotopic (exact) mass is 336 g/mol. The van der Waals surface area contributed by atoms with Crippen molar-refractivity contribution in [2.45, 2.75) is 26.2 Å². The van der Waals surface area contributed by atoms with E-state index in [0.29, 0.717) is 40.0 Å². The molecule has 0 bridgehead atoms. The van der Waals surface area contributed by atoms with Crippen LogP contribution < -0.4 is 4.74 Å². The van der Waals surface area contributed by atoms with Crippen molar-refractivity contribution in [1.29, 1.82) is 0 Å². The molecule has 4 heteroatoms. The minimum absolute atomic E-state index is 0.0179. The van der Waals surface area contributed by atoms with Crippen LogP contribution in [0.2, 0.25) is 0 Å². The van der Waals surface area contributed by atoms with Crippen molar-refractivity contribution in [3.63, 3.8) is 0 Å². The van der Waals surface area contributed by atoms with Crippen LogP contribution in [0.25, 0.3) is 11.0 Å². The summed E-state index contributed by atoms with van der Waals surface area (Å²) in [6, 6.07) is 14.4. The summed E-state index contributed by atoms with van der Waals surface area (Å²) in [7, 11) is 1.57. The lowest BCUT2D eigenvalue weighted by Gasteiger charge is -2.10. The fourth-order valence-electron chi connectivity index (χ4n) is 3.09. The molecule has 0 aliphatic carbocycles. The van der Waals surface area contributed by atoms with E-state index in [2.05, 4.69) is 0 Å². The number of ether oxygens (including phenoxy) is 1. The first-order valence-corrected chi connectivity index (χ1v) is 8.27. The van der Waals surface area contributed by atoms with E-state index in [0.717, 1.165) is 0 Å². The molecular weight excluding hydrogens is 316 g/mol. The third-order valence-electron chi connectivity index (χ3n) is 4.40. The maximum Gasteiger partial charge on any atom is 0.197 e. The molecule has 0 aliphatic rings. The van der Waals surface area contributed by atoms with Crippen LogP contribution in [0.1, 0.15) is 47.9 Å². The summed E-state index contributed by atoms with van der Waals surface area (Å²) < 4.78 is 11.2. The van der Waals surface area contributed by atoms with Crippen molar-refractivity contribution < 1.29 is 18.7 Å². The van der Waals surface area contributed by atoms with Crippen LogP contribution in [0.15, 0.2) is 52.9 Å². The number of ketones is 2. The van der Waals surface area contributed by atoms with Gasteiger partial charge in [-0.25, -0.2) is 0 Å². The third kappa shape index (κ3) is 3.07. The molecule has 0 amide bonds. The van der Waals surface area contributed by atoms with E-state index in [1.165, 1.54) is 6.92 Å². The lowest BCUT2D eigenvalue weighted by atomic mass is 9.91. The number of Topliss-reactive ketones (excluding diaryl/α,β-unsaturated/α-hetero) is 1. The van der Waals surface area contributed by atoms with Gasteiger partial charge in [-0.1, -0.05) is 37.3 Å². The lowest BCUT2D eigenvalue weighted by Crippen LogP contribution is -2.12. The van der Waals surface area contributed by atoms with Crippen LogP contribution in [0.5, 0.6) is 5.75 Å². The van der Waals surface area contributed by atoms with Crippen LogP contribution in [-0.4, -0.2) is 18.7 Å². The zero-order chi connectivity index (χ0) is 18.0. The topological polar surface area (TPSA) is 56.5 Å². The summed E-state index contributed by atoms with van der Waals surface area (Å²) >= 11 is 0. The molecule has 0 radical (unpaired) electrons. The standard InChI is InChI=1S/C21H20O4/c1-4-16(13(2)22)21-19(20(23)14-8-6-5-7-9-14)17-12-15(24-3)10-11-18(17)25-21/h5-12,16H,4H2,1-3H3. The summed E-state index contributed by atoms with van der Waals surface area (Å²) in [5.41, 5.74) is 1.59. The Morgan fingerprint density at radius 1 is 1.12 bits per heavy atom. The average molecular weight is 336 g/mol.